The lowest BCUT2D eigenvalue weighted by molar-refractivity contribution is -0.148. The molecule has 6 nitrogen and oxygen atoms in total. The molecule has 2 atom stereocenters. The van der Waals surface area contributed by atoms with Gasteiger partial charge in [-0.25, -0.2) is 0 Å². The first kappa shape index (κ1) is 15.3. The van der Waals surface area contributed by atoms with E-state index in [9.17, 15) is 19.5 Å². The molecule has 1 amide bonds. The van der Waals surface area contributed by atoms with Crippen LogP contribution in [0.1, 0.15) is 54.0 Å². The minimum atomic E-state index is -0.926. The first-order valence-electron chi connectivity index (χ1n) is 6.97. The van der Waals surface area contributed by atoms with Gasteiger partial charge >= 0.3 is 5.97 Å². The number of carboxylic acid groups (broad SMARTS) is 1. The summed E-state index contributed by atoms with van der Waals surface area (Å²) in [6.07, 6.45) is 3.58. The summed E-state index contributed by atoms with van der Waals surface area (Å²) in [5, 5.41) is 12.2. The molecule has 0 aromatic carbocycles. The number of Topliss-reactive ketones (excluding diaryl/α,β-unsaturated/α-hetero) is 1. The molecule has 2 rings (SSSR count). The van der Waals surface area contributed by atoms with Crippen LogP contribution >= 0.6 is 0 Å². The van der Waals surface area contributed by atoms with E-state index in [1.807, 2.05) is 0 Å². The van der Waals surface area contributed by atoms with Crippen LogP contribution in [0.5, 0.6) is 0 Å². The lowest BCUT2D eigenvalue weighted by Gasteiger charge is -2.27. The maximum Gasteiger partial charge on any atom is 0.311 e. The summed E-state index contributed by atoms with van der Waals surface area (Å²) >= 11 is 0. The Bertz CT molecular complexity index is 605. The molecule has 0 saturated heterocycles. The number of aromatic nitrogens is 1. The van der Waals surface area contributed by atoms with Gasteiger partial charge in [-0.2, -0.15) is 0 Å². The number of ketones is 1. The van der Waals surface area contributed by atoms with E-state index >= 15 is 0 Å². The SMILES string of the molecule is CC(=O)c1cc(C(=O)NC2CCCC2(C)C(=O)O)n(C)c1. The van der Waals surface area contributed by atoms with E-state index < -0.39 is 17.4 Å². The van der Waals surface area contributed by atoms with Gasteiger partial charge in [0.05, 0.1) is 5.41 Å². The lowest BCUT2D eigenvalue weighted by atomic mass is 9.85. The highest BCUT2D eigenvalue weighted by atomic mass is 16.4. The topological polar surface area (TPSA) is 88.4 Å². The van der Waals surface area contributed by atoms with Gasteiger partial charge in [0.15, 0.2) is 5.78 Å². The molecule has 0 spiro atoms. The average Bonchev–Trinajstić information content (AvgIpc) is 2.95. The molecule has 2 N–H and O–H groups in total. The molecule has 1 fully saturated rings. The third-order valence-corrected chi connectivity index (χ3v) is 4.40. The van der Waals surface area contributed by atoms with Crippen LogP contribution in [-0.4, -0.2) is 33.4 Å². The van der Waals surface area contributed by atoms with Gasteiger partial charge in [-0.15, -0.1) is 0 Å². The molecule has 114 valence electrons. The monoisotopic (exact) mass is 292 g/mol. The Morgan fingerprint density at radius 1 is 1.43 bits per heavy atom. The van der Waals surface area contributed by atoms with E-state index in [1.54, 1.807) is 24.7 Å². The standard InChI is InChI=1S/C15H20N2O4/c1-9(18)10-7-11(17(3)8-10)13(19)16-12-5-4-6-15(12,2)14(20)21/h7-8,12H,4-6H2,1-3H3,(H,16,19)(H,20,21). The summed E-state index contributed by atoms with van der Waals surface area (Å²) in [4.78, 5) is 35.1. The second-order valence-electron chi connectivity index (χ2n) is 5.92. The van der Waals surface area contributed by atoms with Crippen molar-refractivity contribution in [2.45, 2.75) is 39.2 Å². The number of amides is 1. The van der Waals surface area contributed by atoms with Crippen LogP contribution < -0.4 is 5.32 Å². The van der Waals surface area contributed by atoms with Crippen molar-refractivity contribution >= 4 is 17.7 Å². The van der Waals surface area contributed by atoms with Crippen LogP contribution in [-0.2, 0) is 11.8 Å². The Hall–Kier alpha value is -2.11. The first-order valence-corrected chi connectivity index (χ1v) is 6.97. The van der Waals surface area contributed by atoms with Gasteiger partial charge in [0.1, 0.15) is 5.69 Å². The number of nitrogens with one attached hydrogen (secondary N) is 1. The lowest BCUT2D eigenvalue weighted by Crippen LogP contribution is -2.47. The van der Waals surface area contributed by atoms with Crippen LogP contribution in [0, 0.1) is 5.41 Å². The fourth-order valence-electron chi connectivity index (χ4n) is 2.87. The minimum absolute atomic E-state index is 0.110. The number of hydrogen-bond acceptors (Lipinski definition) is 3. The van der Waals surface area contributed by atoms with Crippen molar-refractivity contribution in [1.29, 1.82) is 0 Å². The zero-order valence-corrected chi connectivity index (χ0v) is 12.5. The fourth-order valence-corrected chi connectivity index (χ4v) is 2.87. The van der Waals surface area contributed by atoms with Crippen molar-refractivity contribution in [1.82, 2.24) is 9.88 Å². The molecule has 0 radical (unpaired) electrons. The average molecular weight is 292 g/mol. The number of carboxylic acids is 1. The quantitative estimate of drug-likeness (QED) is 0.825. The van der Waals surface area contributed by atoms with Gasteiger partial charge in [-0.1, -0.05) is 6.42 Å². The molecule has 0 aliphatic heterocycles. The van der Waals surface area contributed by atoms with E-state index in [0.29, 0.717) is 24.1 Å². The number of hydrogen-bond donors (Lipinski definition) is 2. The second kappa shape index (κ2) is 5.35. The van der Waals surface area contributed by atoms with E-state index in [0.717, 1.165) is 6.42 Å². The van der Waals surface area contributed by atoms with Crippen LogP contribution in [0.25, 0.3) is 0 Å². The van der Waals surface area contributed by atoms with Gasteiger partial charge in [-0.05, 0) is 32.8 Å². The number of aliphatic carboxylic acids is 1. The molecule has 1 heterocycles. The van der Waals surface area contributed by atoms with Crippen LogP contribution in [0.3, 0.4) is 0 Å². The Balaban J connectivity index is 2.18. The molecular formula is C15H20N2O4. The van der Waals surface area contributed by atoms with Crippen LogP contribution in [0.15, 0.2) is 12.3 Å². The summed E-state index contributed by atoms with van der Waals surface area (Å²) in [5.41, 5.74) is -0.0977. The molecule has 21 heavy (non-hydrogen) atoms. The summed E-state index contributed by atoms with van der Waals surface area (Å²) < 4.78 is 1.58. The van der Waals surface area contributed by atoms with E-state index in [-0.39, 0.29) is 11.7 Å². The number of carbonyl (C=O) groups excluding carboxylic acids is 2. The predicted octanol–water partition coefficient (Wildman–Crippen LogP) is 1.60. The zero-order valence-electron chi connectivity index (χ0n) is 12.5. The molecule has 1 aromatic rings. The summed E-state index contributed by atoms with van der Waals surface area (Å²) in [6, 6.07) is 1.14. The summed E-state index contributed by atoms with van der Waals surface area (Å²) in [6.45, 7) is 3.11. The normalized spacial score (nSPS) is 24.8. The van der Waals surface area contributed by atoms with Crippen LogP contribution in [0.4, 0.5) is 0 Å². The number of nitrogens with zero attached hydrogens (tertiary/aromatic N) is 1. The molecular weight excluding hydrogens is 272 g/mol. The summed E-state index contributed by atoms with van der Waals surface area (Å²) in [7, 11) is 1.69. The minimum Gasteiger partial charge on any atom is -0.481 e. The van der Waals surface area contributed by atoms with Gasteiger partial charge in [0.2, 0.25) is 0 Å². The predicted molar refractivity (Wildman–Crippen MR) is 76.3 cm³/mol. The Kier molecular flexibility index (Phi) is 3.89. The van der Waals surface area contributed by atoms with Gasteiger partial charge in [0, 0.05) is 24.8 Å². The number of carbonyl (C=O) groups is 3. The molecule has 1 aliphatic carbocycles. The number of rotatable bonds is 4. The Labute approximate surface area is 123 Å². The van der Waals surface area contributed by atoms with Gasteiger partial charge < -0.3 is 15.0 Å². The third-order valence-electron chi connectivity index (χ3n) is 4.40. The maximum atomic E-state index is 12.3. The fraction of sp³-hybridized carbons (Fsp3) is 0.533. The smallest absolute Gasteiger partial charge is 0.311 e. The molecule has 1 aliphatic rings. The molecule has 6 heteroatoms. The molecule has 0 bridgehead atoms. The van der Waals surface area contributed by atoms with Crippen molar-refractivity contribution in [2.75, 3.05) is 0 Å². The highest BCUT2D eigenvalue weighted by Gasteiger charge is 2.46. The van der Waals surface area contributed by atoms with Gasteiger partial charge in [-0.3, -0.25) is 14.4 Å². The van der Waals surface area contributed by atoms with E-state index in [4.69, 9.17) is 0 Å². The molecule has 1 aromatic heterocycles. The molecule has 2 unspecified atom stereocenters. The Morgan fingerprint density at radius 3 is 2.62 bits per heavy atom. The Morgan fingerprint density at radius 2 is 2.10 bits per heavy atom. The second-order valence-corrected chi connectivity index (χ2v) is 5.92. The zero-order chi connectivity index (χ0) is 15.8. The first-order chi connectivity index (χ1) is 9.75. The maximum absolute atomic E-state index is 12.3. The van der Waals surface area contributed by atoms with Crippen molar-refractivity contribution in [2.24, 2.45) is 12.5 Å². The van der Waals surface area contributed by atoms with Crippen molar-refractivity contribution in [3.63, 3.8) is 0 Å². The molecule has 1 saturated carbocycles. The highest BCUT2D eigenvalue weighted by molar-refractivity contribution is 5.99. The largest absolute Gasteiger partial charge is 0.481 e. The van der Waals surface area contributed by atoms with Crippen molar-refractivity contribution in [3.8, 4) is 0 Å². The van der Waals surface area contributed by atoms with Crippen molar-refractivity contribution < 1.29 is 19.5 Å². The summed E-state index contributed by atoms with van der Waals surface area (Å²) in [5.74, 6) is -1.34. The van der Waals surface area contributed by atoms with Crippen LogP contribution in [0.2, 0.25) is 0 Å². The van der Waals surface area contributed by atoms with E-state index in [1.165, 1.54) is 13.0 Å². The highest BCUT2D eigenvalue weighted by Crippen LogP contribution is 2.38. The van der Waals surface area contributed by atoms with E-state index in [2.05, 4.69) is 5.32 Å². The number of aryl methyl sites for hydroxylation is 1. The third kappa shape index (κ3) is 2.70. The van der Waals surface area contributed by atoms with Gasteiger partial charge in [0.25, 0.3) is 5.91 Å². The van der Waals surface area contributed by atoms with Crippen molar-refractivity contribution in [3.05, 3.63) is 23.5 Å².